The second-order valence-corrected chi connectivity index (χ2v) is 6.38. The lowest BCUT2D eigenvalue weighted by molar-refractivity contribution is -0.119. The normalized spacial score (nSPS) is 22.1. The minimum absolute atomic E-state index is 0.104. The molecule has 1 aromatic rings. The van der Waals surface area contributed by atoms with E-state index in [2.05, 4.69) is 10.5 Å². The van der Waals surface area contributed by atoms with Crippen molar-refractivity contribution in [2.45, 2.75) is 44.9 Å². The molecule has 0 spiro atoms. The van der Waals surface area contributed by atoms with Crippen LogP contribution in [0.15, 0.2) is 4.52 Å². The third-order valence-electron chi connectivity index (χ3n) is 3.97. The van der Waals surface area contributed by atoms with Gasteiger partial charge >= 0.3 is 0 Å². The molecule has 0 bridgehead atoms. The maximum Gasteiger partial charge on any atom is 0.230 e. The number of aromatic nitrogens is 1. The molecule has 2 unspecified atom stereocenters. The summed E-state index contributed by atoms with van der Waals surface area (Å²) in [7, 11) is 0. The van der Waals surface area contributed by atoms with Gasteiger partial charge in [-0.2, -0.15) is 0 Å². The number of thioether (sulfide) groups is 1. The summed E-state index contributed by atoms with van der Waals surface area (Å²) in [5.74, 6) is 2.63. The molecule has 0 saturated heterocycles. The van der Waals surface area contributed by atoms with Gasteiger partial charge in [-0.1, -0.05) is 11.6 Å². The fourth-order valence-electron chi connectivity index (χ4n) is 2.71. The molecule has 1 aliphatic rings. The van der Waals surface area contributed by atoms with Crippen LogP contribution < -0.4 is 11.1 Å². The highest BCUT2D eigenvalue weighted by atomic mass is 32.2. The minimum Gasteiger partial charge on any atom is -0.361 e. The summed E-state index contributed by atoms with van der Waals surface area (Å²) in [5.41, 5.74) is 7.74. The van der Waals surface area contributed by atoms with Gasteiger partial charge in [-0.05, 0) is 39.2 Å². The van der Waals surface area contributed by atoms with Crippen LogP contribution in [-0.4, -0.2) is 29.4 Å². The van der Waals surface area contributed by atoms with E-state index in [1.807, 2.05) is 13.8 Å². The third kappa shape index (κ3) is 3.76. The molecule has 6 heteroatoms. The highest BCUT2D eigenvalue weighted by molar-refractivity contribution is 7.99. The lowest BCUT2D eigenvalue weighted by Crippen LogP contribution is -2.40. The summed E-state index contributed by atoms with van der Waals surface area (Å²) >= 11 is 1.60. The summed E-state index contributed by atoms with van der Waals surface area (Å²) in [6, 6.07) is 0.271. The predicted molar refractivity (Wildman–Crippen MR) is 80.5 cm³/mol. The van der Waals surface area contributed by atoms with E-state index >= 15 is 0 Å². The fraction of sp³-hybridized carbons (Fsp3) is 0.714. The number of hydrogen-bond acceptors (Lipinski definition) is 5. The molecule has 1 aromatic heterocycles. The maximum atomic E-state index is 11.9. The molecule has 0 radical (unpaired) electrons. The average Bonchev–Trinajstić information content (AvgIpc) is 2.99. The minimum atomic E-state index is 0.104. The largest absolute Gasteiger partial charge is 0.361 e. The van der Waals surface area contributed by atoms with E-state index in [9.17, 15) is 4.79 Å². The van der Waals surface area contributed by atoms with Crippen molar-refractivity contribution in [1.82, 2.24) is 10.5 Å². The Kier molecular flexibility index (Phi) is 5.48. The lowest BCUT2D eigenvalue weighted by atomic mass is 10.0. The van der Waals surface area contributed by atoms with Gasteiger partial charge in [-0.3, -0.25) is 4.79 Å². The van der Waals surface area contributed by atoms with Crippen LogP contribution in [0.3, 0.4) is 0 Å². The van der Waals surface area contributed by atoms with Crippen LogP contribution in [-0.2, 0) is 10.5 Å². The topological polar surface area (TPSA) is 81.2 Å². The number of nitrogens with zero attached hydrogens (tertiary/aromatic N) is 1. The van der Waals surface area contributed by atoms with Crippen LogP contribution in [0.1, 0.15) is 36.3 Å². The Bertz CT molecular complexity index is 442. The van der Waals surface area contributed by atoms with Crippen molar-refractivity contribution in [2.75, 3.05) is 12.3 Å². The molecule has 2 rings (SSSR count). The van der Waals surface area contributed by atoms with Crippen molar-refractivity contribution in [3.63, 3.8) is 0 Å². The summed E-state index contributed by atoms with van der Waals surface area (Å²) in [5, 5.41) is 7.03. The first kappa shape index (κ1) is 15.4. The van der Waals surface area contributed by atoms with Crippen LogP contribution in [0.5, 0.6) is 0 Å². The Morgan fingerprint density at radius 3 is 2.95 bits per heavy atom. The maximum absolute atomic E-state index is 11.9. The molecular formula is C14H23N3O2S. The Balaban J connectivity index is 1.73. The average molecular weight is 297 g/mol. The number of hydrogen-bond donors (Lipinski definition) is 2. The van der Waals surface area contributed by atoms with Crippen molar-refractivity contribution in [3.05, 3.63) is 17.0 Å². The predicted octanol–water partition coefficient (Wildman–Crippen LogP) is 1.77. The first-order valence-corrected chi connectivity index (χ1v) is 8.26. The summed E-state index contributed by atoms with van der Waals surface area (Å²) in [6.07, 6.45) is 3.36. The van der Waals surface area contributed by atoms with Gasteiger partial charge < -0.3 is 15.6 Å². The van der Waals surface area contributed by atoms with Gasteiger partial charge in [0.05, 0.1) is 11.4 Å². The Hall–Kier alpha value is -1.01. The molecule has 1 heterocycles. The quantitative estimate of drug-likeness (QED) is 0.836. The van der Waals surface area contributed by atoms with E-state index in [-0.39, 0.29) is 11.9 Å². The number of aryl methyl sites for hydroxylation is 2. The first-order chi connectivity index (χ1) is 9.61. The number of nitrogens with two attached hydrogens (primary N) is 1. The third-order valence-corrected chi connectivity index (χ3v) is 4.93. The highest BCUT2D eigenvalue weighted by Crippen LogP contribution is 2.25. The second-order valence-electron chi connectivity index (χ2n) is 5.40. The van der Waals surface area contributed by atoms with E-state index in [1.165, 1.54) is 6.42 Å². The van der Waals surface area contributed by atoms with Crippen molar-refractivity contribution < 1.29 is 9.32 Å². The number of rotatable bonds is 6. The molecule has 3 N–H and O–H groups in total. The molecule has 5 nitrogen and oxygen atoms in total. The number of amides is 1. The van der Waals surface area contributed by atoms with Crippen LogP contribution in [0, 0.1) is 19.8 Å². The van der Waals surface area contributed by atoms with Gasteiger partial charge in [0.2, 0.25) is 5.91 Å². The van der Waals surface area contributed by atoms with Crippen LogP contribution in [0.4, 0.5) is 0 Å². The van der Waals surface area contributed by atoms with Gasteiger partial charge in [-0.15, -0.1) is 11.8 Å². The molecule has 1 amide bonds. The van der Waals surface area contributed by atoms with Gasteiger partial charge in [0.15, 0.2) is 0 Å². The number of carbonyl (C=O) groups excluding carboxylic acids is 1. The Morgan fingerprint density at radius 1 is 1.50 bits per heavy atom. The van der Waals surface area contributed by atoms with E-state index < -0.39 is 0 Å². The zero-order valence-corrected chi connectivity index (χ0v) is 13.0. The van der Waals surface area contributed by atoms with E-state index in [1.54, 1.807) is 11.8 Å². The molecule has 1 fully saturated rings. The Morgan fingerprint density at radius 2 is 2.30 bits per heavy atom. The van der Waals surface area contributed by atoms with Crippen LogP contribution in [0.2, 0.25) is 0 Å². The van der Waals surface area contributed by atoms with Crippen LogP contribution >= 0.6 is 11.8 Å². The SMILES string of the molecule is Cc1noc(C)c1CSCC(=O)NC1CCCC1CN. The van der Waals surface area contributed by atoms with Crippen molar-refractivity contribution >= 4 is 17.7 Å². The number of nitrogens with one attached hydrogen (secondary N) is 1. The van der Waals surface area contributed by atoms with Crippen molar-refractivity contribution in [2.24, 2.45) is 11.7 Å². The first-order valence-electron chi connectivity index (χ1n) is 7.10. The monoisotopic (exact) mass is 297 g/mol. The molecule has 1 saturated carbocycles. The van der Waals surface area contributed by atoms with E-state index in [4.69, 9.17) is 10.3 Å². The molecule has 2 atom stereocenters. The molecule has 0 aliphatic heterocycles. The molecule has 112 valence electrons. The Labute approximate surface area is 124 Å². The molecular weight excluding hydrogens is 274 g/mol. The lowest BCUT2D eigenvalue weighted by Gasteiger charge is -2.19. The van der Waals surface area contributed by atoms with Crippen molar-refractivity contribution in [1.29, 1.82) is 0 Å². The summed E-state index contributed by atoms with van der Waals surface area (Å²) in [6.45, 7) is 4.49. The van der Waals surface area contributed by atoms with E-state index in [0.29, 0.717) is 18.2 Å². The van der Waals surface area contributed by atoms with Crippen molar-refractivity contribution in [3.8, 4) is 0 Å². The summed E-state index contributed by atoms with van der Waals surface area (Å²) in [4.78, 5) is 11.9. The second kappa shape index (κ2) is 7.13. The fourth-order valence-corrected chi connectivity index (χ4v) is 3.70. The van der Waals surface area contributed by atoms with Gasteiger partial charge in [0.25, 0.3) is 0 Å². The van der Waals surface area contributed by atoms with Gasteiger partial charge in [-0.25, -0.2) is 0 Å². The van der Waals surface area contributed by atoms with Crippen LogP contribution in [0.25, 0.3) is 0 Å². The smallest absolute Gasteiger partial charge is 0.230 e. The standard InChI is InChI=1S/C14H23N3O2S/c1-9-12(10(2)19-17-9)7-20-8-14(18)16-13-5-3-4-11(13)6-15/h11,13H,3-8,15H2,1-2H3,(H,16,18). The molecule has 20 heavy (non-hydrogen) atoms. The number of carbonyl (C=O) groups is 1. The zero-order valence-electron chi connectivity index (χ0n) is 12.1. The van der Waals surface area contributed by atoms with Gasteiger partial charge in [0, 0.05) is 17.4 Å². The molecule has 0 aromatic carbocycles. The van der Waals surface area contributed by atoms with E-state index in [0.717, 1.165) is 35.6 Å². The molecule has 1 aliphatic carbocycles. The zero-order chi connectivity index (χ0) is 14.5. The van der Waals surface area contributed by atoms with Gasteiger partial charge in [0.1, 0.15) is 5.76 Å². The highest BCUT2D eigenvalue weighted by Gasteiger charge is 2.27. The summed E-state index contributed by atoms with van der Waals surface area (Å²) < 4.78 is 5.11.